The van der Waals surface area contributed by atoms with E-state index in [4.69, 9.17) is 0 Å². The molecule has 10 heavy (non-hydrogen) atoms. The highest BCUT2D eigenvalue weighted by Crippen LogP contribution is 2.06. The lowest BCUT2D eigenvalue weighted by Crippen LogP contribution is -2.42. The Morgan fingerprint density at radius 2 is 2.30 bits per heavy atom. The maximum Gasteiger partial charge on any atom is 0.411 e. The Labute approximate surface area is 57.9 Å². The molecule has 0 aliphatic carbocycles. The van der Waals surface area contributed by atoms with E-state index in [0.717, 1.165) is 19.5 Å². The number of carbonyl (C=O) groups is 1. The molecule has 0 N–H and O–H groups in total. The molecule has 0 radical (unpaired) electrons. The monoisotopic (exact) mass is 144 g/mol. The number of hydrogen-bond donors (Lipinski definition) is 0. The minimum absolute atomic E-state index is 0.380. The fourth-order valence-electron chi connectivity index (χ4n) is 0.672. The highest BCUT2D eigenvalue weighted by molar-refractivity contribution is 5.68. The summed E-state index contributed by atoms with van der Waals surface area (Å²) in [6.07, 6.45) is 0.578. The fourth-order valence-corrected chi connectivity index (χ4v) is 0.672. The summed E-state index contributed by atoms with van der Waals surface area (Å²) in [7, 11) is 0. The molecule has 0 atom stereocenters. The molecule has 1 aliphatic rings. The first-order valence-corrected chi connectivity index (χ1v) is 3.05. The van der Waals surface area contributed by atoms with Crippen molar-refractivity contribution in [2.24, 2.45) is 5.18 Å². The maximum atomic E-state index is 10.7. The first-order chi connectivity index (χ1) is 4.84. The molecular formula is C5H8N2O3. The van der Waals surface area contributed by atoms with E-state index in [1.54, 1.807) is 0 Å². The van der Waals surface area contributed by atoms with Gasteiger partial charge in [0.15, 0.2) is 0 Å². The largest absolute Gasteiger partial charge is 0.423 e. The predicted molar refractivity (Wildman–Crippen MR) is 33.3 cm³/mol. The van der Waals surface area contributed by atoms with Crippen LogP contribution in [0.4, 0.5) is 4.79 Å². The Balaban J connectivity index is 2.13. The molecule has 1 aliphatic heterocycles. The third-order valence-corrected chi connectivity index (χ3v) is 1.35. The second-order valence-corrected chi connectivity index (χ2v) is 2.01. The topological polar surface area (TPSA) is 59.0 Å². The Kier molecular flexibility index (Phi) is 2.20. The quantitative estimate of drug-likeness (QED) is 0.532. The van der Waals surface area contributed by atoms with Gasteiger partial charge in [0, 0.05) is 13.1 Å². The molecule has 0 saturated carbocycles. The van der Waals surface area contributed by atoms with Crippen LogP contribution in [-0.2, 0) is 4.74 Å². The molecule has 5 heteroatoms. The van der Waals surface area contributed by atoms with Crippen molar-refractivity contribution in [3.63, 3.8) is 0 Å². The van der Waals surface area contributed by atoms with Crippen LogP contribution < -0.4 is 0 Å². The molecule has 5 nitrogen and oxygen atoms in total. The number of nitrogens with zero attached hydrogens (tertiary/aromatic N) is 2. The SMILES string of the molecule is O=NCOC(=O)N1CCC1. The smallest absolute Gasteiger partial charge is 0.411 e. The standard InChI is InChI=1S/C5H8N2O3/c8-5(10-4-6-9)7-2-1-3-7/h1-4H2. The number of rotatable bonds is 2. The lowest BCUT2D eigenvalue weighted by molar-refractivity contribution is 0.0830. The molecule has 1 amide bonds. The molecule has 0 aromatic rings. The number of likely N-dealkylation sites (tertiary alicyclic amines) is 1. The van der Waals surface area contributed by atoms with Crippen molar-refractivity contribution >= 4 is 6.09 Å². The molecule has 1 rings (SSSR count). The van der Waals surface area contributed by atoms with Crippen LogP contribution in [0.3, 0.4) is 0 Å². The highest BCUT2D eigenvalue weighted by atomic mass is 16.6. The van der Waals surface area contributed by atoms with Gasteiger partial charge in [-0.3, -0.25) is 0 Å². The summed E-state index contributed by atoms with van der Waals surface area (Å²) in [6, 6.07) is 0. The first kappa shape index (κ1) is 6.98. The van der Waals surface area contributed by atoms with Crippen molar-refractivity contribution in [1.29, 1.82) is 0 Å². The Morgan fingerprint density at radius 1 is 1.60 bits per heavy atom. The summed E-state index contributed by atoms with van der Waals surface area (Å²) in [5.74, 6) is 0. The molecule has 56 valence electrons. The van der Waals surface area contributed by atoms with E-state index < -0.39 is 6.09 Å². The van der Waals surface area contributed by atoms with Gasteiger partial charge in [-0.1, -0.05) is 0 Å². The van der Waals surface area contributed by atoms with Crippen LogP contribution in [0.1, 0.15) is 6.42 Å². The molecular weight excluding hydrogens is 136 g/mol. The second-order valence-electron chi connectivity index (χ2n) is 2.01. The van der Waals surface area contributed by atoms with Crippen molar-refractivity contribution in [1.82, 2.24) is 4.90 Å². The number of nitroso groups, excluding NO2 is 1. The van der Waals surface area contributed by atoms with Gasteiger partial charge in [0.1, 0.15) is 0 Å². The van der Waals surface area contributed by atoms with Gasteiger partial charge >= 0.3 is 6.09 Å². The van der Waals surface area contributed by atoms with E-state index in [1.807, 2.05) is 0 Å². The maximum absolute atomic E-state index is 10.7. The molecule has 0 aromatic carbocycles. The van der Waals surface area contributed by atoms with Crippen molar-refractivity contribution < 1.29 is 9.53 Å². The minimum Gasteiger partial charge on any atom is -0.423 e. The Hall–Kier alpha value is -1.13. The van der Waals surface area contributed by atoms with Gasteiger partial charge in [-0.2, -0.15) is 0 Å². The van der Waals surface area contributed by atoms with Gasteiger partial charge in [0.05, 0.1) is 0 Å². The van der Waals surface area contributed by atoms with Crippen LogP contribution in [0, 0.1) is 4.91 Å². The third-order valence-electron chi connectivity index (χ3n) is 1.35. The highest BCUT2D eigenvalue weighted by Gasteiger charge is 2.20. The van der Waals surface area contributed by atoms with Crippen molar-refractivity contribution in [2.75, 3.05) is 19.8 Å². The van der Waals surface area contributed by atoms with Crippen molar-refractivity contribution in [3.8, 4) is 0 Å². The second kappa shape index (κ2) is 3.14. The van der Waals surface area contributed by atoms with Gasteiger partial charge in [0.2, 0.25) is 6.73 Å². The summed E-state index contributed by atoms with van der Waals surface area (Å²) >= 11 is 0. The fraction of sp³-hybridized carbons (Fsp3) is 0.800. The lowest BCUT2D eigenvalue weighted by atomic mass is 10.2. The van der Waals surface area contributed by atoms with E-state index in [9.17, 15) is 9.70 Å². The Bertz CT molecular complexity index is 144. The predicted octanol–water partition coefficient (Wildman–Crippen LogP) is 0.553. The molecule has 1 saturated heterocycles. The summed E-state index contributed by atoms with van der Waals surface area (Å²) in [6.45, 7) is 1.09. The van der Waals surface area contributed by atoms with Crippen LogP contribution in [0.15, 0.2) is 5.18 Å². The molecule has 1 fully saturated rings. The summed E-state index contributed by atoms with van der Waals surface area (Å²) in [5, 5.41) is 2.40. The Morgan fingerprint density at radius 3 is 2.70 bits per heavy atom. The van der Waals surface area contributed by atoms with Crippen LogP contribution in [0.2, 0.25) is 0 Å². The van der Waals surface area contributed by atoms with Crippen LogP contribution in [0.25, 0.3) is 0 Å². The average molecular weight is 144 g/mol. The summed E-state index contributed by atoms with van der Waals surface area (Å²) in [4.78, 5) is 21.7. The summed E-state index contributed by atoms with van der Waals surface area (Å²) < 4.78 is 4.40. The number of carbonyl (C=O) groups excluding carboxylic acids is 1. The average Bonchev–Trinajstić information content (AvgIpc) is 1.79. The van der Waals surface area contributed by atoms with E-state index in [-0.39, 0.29) is 6.73 Å². The van der Waals surface area contributed by atoms with E-state index in [2.05, 4.69) is 9.91 Å². The zero-order valence-corrected chi connectivity index (χ0v) is 5.45. The zero-order chi connectivity index (χ0) is 7.40. The van der Waals surface area contributed by atoms with Gasteiger partial charge in [0.25, 0.3) is 0 Å². The zero-order valence-electron chi connectivity index (χ0n) is 5.45. The van der Waals surface area contributed by atoms with Gasteiger partial charge in [-0.25, -0.2) is 4.79 Å². The number of ether oxygens (including phenoxy) is 1. The van der Waals surface area contributed by atoms with E-state index in [1.165, 1.54) is 4.90 Å². The minimum atomic E-state index is -0.439. The normalized spacial score (nSPS) is 15.8. The first-order valence-electron chi connectivity index (χ1n) is 3.05. The van der Waals surface area contributed by atoms with Crippen LogP contribution in [-0.4, -0.2) is 30.8 Å². The van der Waals surface area contributed by atoms with Crippen molar-refractivity contribution in [2.45, 2.75) is 6.42 Å². The van der Waals surface area contributed by atoms with E-state index >= 15 is 0 Å². The van der Waals surface area contributed by atoms with Crippen LogP contribution in [0.5, 0.6) is 0 Å². The molecule has 0 unspecified atom stereocenters. The van der Waals surface area contributed by atoms with Gasteiger partial charge in [-0.05, 0) is 11.6 Å². The molecule has 0 spiro atoms. The number of amides is 1. The summed E-state index contributed by atoms with van der Waals surface area (Å²) in [5.41, 5.74) is 0. The van der Waals surface area contributed by atoms with Crippen molar-refractivity contribution in [3.05, 3.63) is 4.91 Å². The van der Waals surface area contributed by atoms with Crippen LogP contribution >= 0.6 is 0 Å². The van der Waals surface area contributed by atoms with Gasteiger partial charge < -0.3 is 9.64 Å². The molecule has 0 bridgehead atoms. The van der Waals surface area contributed by atoms with Gasteiger partial charge in [-0.15, -0.1) is 4.91 Å². The molecule has 0 aromatic heterocycles. The third kappa shape index (κ3) is 1.43. The number of hydrogen-bond acceptors (Lipinski definition) is 4. The van der Waals surface area contributed by atoms with E-state index in [0.29, 0.717) is 0 Å². The molecule has 1 heterocycles. The lowest BCUT2D eigenvalue weighted by Gasteiger charge is -2.29.